The maximum atomic E-state index is 5.66. The van der Waals surface area contributed by atoms with Crippen LogP contribution in [-0.2, 0) is 0 Å². The van der Waals surface area contributed by atoms with Gasteiger partial charge in [-0.05, 0) is 26.0 Å². The second-order valence-corrected chi connectivity index (χ2v) is 2.94. The molecule has 0 saturated heterocycles. The maximum absolute atomic E-state index is 5.66. The molecule has 1 aromatic carbocycles. The van der Waals surface area contributed by atoms with E-state index in [1.165, 1.54) is 0 Å². The van der Waals surface area contributed by atoms with Crippen molar-refractivity contribution in [2.45, 2.75) is 13.8 Å². The highest BCUT2D eigenvalue weighted by Gasteiger charge is 2.05. The highest BCUT2D eigenvalue weighted by atomic mass is 16.5. The summed E-state index contributed by atoms with van der Waals surface area (Å²) >= 11 is 0. The molecule has 0 radical (unpaired) electrons. The van der Waals surface area contributed by atoms with Crippen LogP contribution in [0.1, 0.15) is 12.5 Å². The number of hydrogen-bond acceptors (Lipinski definition) is 3. The molecule has 1 rings (SSSR count). The van der Waals surface area contributed by atoms with Gasteiger partial charge in [0.15, 0.2) is 0 Å². The number of nitrogens with zero attached hydrogens (tertiary/aromatic N) is 1. The minimum absolute atomic E-state index is 0.679. The first-order valence-corrected chi connectivity index (χ1v) is 4.37. The Morgan fingerprint density at radius 1 is 1.46 bits per heavy atom. The van der Waals surface area contributed by atoms with E-state index >= 15 is 0 Å². The van der Waals surface area contributed by atoms with E-state index in [1.54, 1.807) is 5.01 Å². The van der Waals surface area contributed by atoms with E-state index in [9.17, 15) is 0 Å². The molecule has 1 aromatic rings. The van der Waals surface area contributed by atoms with Crippen molar-refractivity contribution in [3.05, 3.63) is 23.8 Å². The van der Waals surface area contributed by atoms with E-state index < -0.39 is 0 Å². The summed E-state index contributed by atoms with van der Waals surface area (Å²) in [6.45, 7) is 4.65. The van der Waals surface area contributed by atoms with Gasteiger partial charge in [-0.2, -0.15) is 0 Å². The molecule has 0 saturated carbocycles. The average Bonchev–Trinajstić information content (AvgIpc) is 2.08. The largest absolute Gasteiger partial charge is 0.494 e. The van der Waals surface area contributed by atoms with Crippen LogP contribution in [0, 0.1) is 6.92 Å². The number of ether oxygens (including phenoxy) is 1. The summed E-state index contributed by atoms with van der Waals surface area (Å²) in [7, 11) is 1.82. The van der Waals surface area contributed by atoms with Gasteiger partial charge in [0.05, 0.1) is 12.3 Å². The van der Waals surface area contributed by atoms with Crippen LogP contribution >= 0.6 is 0 Å². The molecule has 72 valence electrons. The zero-order valence-electron chi connectivity index (χ0n) is 8.37. The fourth-order valence-electron chi connectivity index (χ4n) is 1.30. The van der Waals surface area contributed by atoms with E-state index in [4.69, 9.17) is 10.6 Å². The van der Waals surface area contributed by atoms with Crippen LogP contribution in [-0.4, -0.2) is 13.7 Å². The van der Waals surface area contributed by atoms with Crippen molar-refractivity contribution in [3.8, 4) is 5.75 Å². The van der Waals surface area contributed by atoms with Crippen molar-refractivity contribution in [3.63, 3.8) is 0 Å². The highest BCUT2D eigenvalue weighted by Crippen LogP contribution is 2.26. The minimum Gasteiger partial charge on any atom is -0.494 e. The standard InChI is InChI=1S/C10H16N2O/c1-4-13-10-7-5-6-9(8(10)2)12(3)11/h5-7H,4,11H2,1-3H3. The van der Waals surface area contributed by atoms with Gasteiger partial charge >= 0.3 is 0 Å². The van der Waals surface area contributed by atoms with Gasteiger partial charge in [-0.1, -0.05) is 6.07 Å². The second kappa shape index (κ2) is 4.14. The summed E-state index contributed by atoms with van der Waals surface area (Å²) in [5, 5.41) is 1.60. The van der Waals surface area contributed by atoms with E-state index in [0.717, 1.165) is 17.0 Å². The Labute approximate surface area is 79.1 Å². The van der Waals surface area contributed by atoms with Crippen molar-refractivity contribution in [2.24, 2.45) is 5.84 Å². The van der Waals surface area contributed by atoms with Crippen molar-refractivity contribution in [1.29, 1.82) is 0 Å². The molecule has 3 heteroatoms. The second-order valence-electron chi connectivity index (χ2n) is 2.94. The molecule has 0 heterocycles. The lowest BCUT2D eigenvalue weighted by atomic mass is 10.2. The number of anilines is 1. The molecule has 3 nitrogen and oxygen atoms in total. The number of benzene rings is 1. The van der Waals surface area contributed by atoms with Crippen molar-refractivity contribution < 1.29 is 4.74 Å². The maximum Gasteiger partial charge on any atom is 0.124 e. The lowest BCUT2D eigenvalue weighted by Gasteiger charge is -2.17. The fourth-order valence-corrected chi connectivity index (χ4v) is 1.30. The van der Waals surface area contributed by atoms with E-state index in [1.807, 2.05) is 39.1 Å². The van der Waals surface area contributed by atoms with E-state index in [-0.39, 0.29) is 0 Å². The molecule has 0 spiro atoms. The van der Waals surface area contributed by atoms with E-state index in [2.05, 4.69) is 0 Å². The predicted octanol–water partition coefficient (Wildman–Crippen LogP) is 1.70. The van der Waals surface area contributed by atoms with Crippen LogP contribution in [0.25, 0.3) is 0 Å². The number of rotatable bonds is 3. The van der Waals surface area contributed by atoms with Gasteiger partial charge in [0.25, 0.3) is 0 Å². The van der Waals surface area contributed by atoms with Crippen LogP contribution in [0.15, 0.2) is 18.2 Å². The van der Waals surface area contributed by atoms with Crippen LogP contribution in [0.2, 0.25) is 0 Å². The Hall–Kier alpha value is -1.22. The topological polar surface area (TPSA) is 38.5 Å². The van der Waals surface area contributed by atoms with Gasteiger partial charge in [-0.15, -0.1) is 0 Å². The molecule has 2 N–H and O–H groups in total. The molecule has 0 aromatic heterocycles. The molecular weight excluding hydrogens is 164 g/mol. The monoisotopic (exact) mass is 180 g/mol. The summed E-state index contributed by atoms with van der Waals surface area (Å²) in [4.78, 5) is 0. The third-order valence-corrected chi connectivity index (χ3v) is 1.94. The van der Waals surface area contributed by atoms with Crippen molar-refractivity contribution in [1.82, 2.24) is 0 Å². The first-order valence-electron chi connectivity index (χ1n) is 4.37. The smallest absolute Gasteiger partial charge is 0.124 e. The van der Waals surface area contributed by atoms with Gasteiger partial charge in [0.2, 0.25) is 0 Å². The minimum atomic E-state index is 0.679. The molecule has 0 aliphatic carbocycles. The Balaban J connectivity index is 3.03. The summed E-state index contributed by atoms with van der Waals surface area (Å²) in [6, 6.07) is 5.86. The molecule has 0 aliphatic rings. The number of hydrazine groups is 1. The summed E-state index contributed by atoms with van der Waals surface area (Å²) in [5.41, 5.74) is 2.07. The third-order valence-electron chi connectivity index (χ3n) is 1.94. The SMILES string of the molecule is CCOc1cccc(N(C)N)c1C. The van der Waals surface area contributed by atoms with Crippen LogP contribution in [0.3, 0.4) is 0 Å². The molecule has 0 fully saturated rings. The first-order chi connectivity index (χ1) is 6.16. The van der Waals surface area contributed by atoms with Gasteiger partial charge < -0.3 is 9.75 Å². The van der Waals surface area contributed by atoms with E-state index in [0.29, 0.717) is 6.61 Å². The van der Waals surface area contributed by atoms with Gasteiger partial charge in [0, 0.05) is 12.6 Å². The Bertz CT molecular complexity index is 284. The zero-order valence-corrected chi connectivity index (χ0v) is 8.37. The molecule has 0 atom stereocenters. The highest BCUT2D eigenvalue weighted by molar-refractivity contribution is 5.57. The Kier molecular flexibility index (Phi) is 3.14. The third kappa shape index (κ3) is 2.12. The normalized spacial score (nSPS) is 9.85. The lowest BCUT2D eigenvalue weighted by Crippen LogP contribution is -2.25. The van der Waals surface area contributed by atoms with Crippen molar-refractivity contribution >= 4 is 5.69 Å². The molecule has 13 heavy (non-hydrogen) atoms. The van der Waals surface area contributed by atoms with Crippen LogP contribution < -0.4 is 15.6 Å². The molecule has 0 unspecified atom stereocenters. The quantitative estimate of drug-likeness (QED) is 0.568. The van der Waals surface area contributed by atoms with Crippen molar-refractivity contribution in [2.75, 3.05) is 18.7 Å². The summed E-state index contributed by atoms with van der Waals surface area (Å²) in [6.07, 6.45) is 0. The summed E-state index contributed by atoms with van der Waals surface area (Å²) < 4.78 is 5.45. The first kappa shape index (κ1) is 9.86. The predicted molar refractivity (Wildman–Crippen MR) is 54.9 cm³/mol. The Morgan fingerprint density at radius 2 is 2.15 bits per heavy atom. The summed E-state index contributed by atoms with van der Waals surface area (Å²) in [5.74, 6) is 6.56. The van der Waals surface area contributed by atoms with Gasteiger partial charge in [-0.3, -0.25) is 0 Å². The molecule has 0 amide bonds. The fraction of sp³-hybridized carbons (Fsp3) is 0.400. The molecular formula is C10H16N2O. The van der Waals surface area contributed by atoms with Crippen LogP contribution in [0.5, 0.6) is 5.75 Å². The Morgan fingerprint density at radius 3 is 2.69 bits per heavy atom. The zero-order chi connectivity index (χ0) is 9.84. The molecule has 0 bridgehead atoms. The number of nitrogens with two attached hydrogens (primary N) is 1. The van der Waals surface area contributed by atoms with Gasteiger partial charge in [0.1, 0.15) is 5.75 Å². The number of hydrogen-bond donors (Lipinski definition) is 1. The molecule has 0 aliphatic heterocycles. The lowest BCUT2D eigenvalue weighted by molar-refractivity contribution is 0.338. The average molecular weight is 180 g/mol. The van der Waals surface area contributed by atoms with Gasteiger partial charge in [-0.25, -0.2) is 5.84 Å². The van der Waals surface area contributed by atoms with Crippen LogP contribution in [0.4, 0.5) is 5.69 Å².